The Balaban J connectivity index is 0. The third kappa shape index (κ3) is 17.4. The fraction of sp³-hybridized carbons (Fsp3) is 0.941. The second kappa shape index (κ2) is 18.4. The van der Waals surface area contributed by atoms with Crippen LogP contribution in [0.2, 0.25) is 0 Å². The van der Waals surface area contributed by atoms with E-state index in [0.29, 0.717) is 6.42 Å². The Labute approximate surface area is 126 Å². The van der Waals surface area contributed by atoms with Crippen LogP contribution in [0.1, 0.15) is 96.8 Å². The minimum Gasteiger partial charge on any atom is -0.469 e. The van der Waals surface area contributed by atoms with E-state index >= 15 is 0 Å². The highest BCUT2D eigenvalue weighted by Gasteiger charge is 1.99. The Kier molecular flexibility index (Phi) is 20.0. The SMILES string of the molecule is CCCCCCCCCCCCCCCC(=O)OC.N. The first kappa shape index (κ1) is 21.7. The Hall–Kier alpha value is -0.570. The zero-order chi connectivity index (χ0) is 14.2. The van der Waals surface area contributed by atoms with Crippen LogP contribution in [0.15, 0.2) is 0 Å². The lowest BCUT2D eigenvalue weighted by molar-refractivity contribution is -0.140. The summed E-state index contributed by atoms with van der Waals surface area (Å²) in [5.74, 6) is -0.0666. The van der Waals surface area contributed by atoms with Gasteiger partial charge in [0.1, 0.15) is 0 Å². The number of hydrogen-bond acceptors (Lipinski definition) is 3. The fourth-order valence-electron chi connectivity index (χ4n) is 2.39. The van der Waals surface area contributed by atoms with Crippen molar-refractivity contribution in [1.29, 1.82) is 0 Å². The first-order valence-electron chi connectivity index (χ1n) is 8.38. The van der Waals surface area contributed by atoms with E-state index in [4.69, 9.17) is 0 Å². The molecule has 0 bridgehead atoms. The van der Waals surface area contributed by atoms with Crippen LogP contribution in [0.25, 0.3) is 0 Å². The van der Waals surface area contributed by atoms with Crippen LogP contribution in [0, 0.1) is 0 Å². The second-order valence-corrected chi connectivity index (χ2v) is 5.57. The molecule has 0 aromatic carbocycles. The van der Waals surface area contributed by atoms with E-state index in [1.54, 1.807) is 0 Å². The molecule has 0 aliphatic carbocycles. The van der Waals surface area contributed by atoms with Crippen molar-refractivity contribution < 1.29 is 9.53 Å². The Morgan fingerprint density at radius 2 is 1.05 bits per heavy atom. The first-order chi connectivity index (χ1) is 9.31. The highest BCUT2D eigenvalue weighted by Crippen LogP contribution is 2.12. The summed E-state index contributed by atoms with van der Waals surface area (Å²) in [4.78, 5) is 10.9. The quantitative estimate of drug-likeness (QED) is 0.324. The molecule has 3 N–H and O–H groups in total. The average molecular weight is 287 g/mol. The zero-order valence-corrected chi connectivity index (χ0v) is 13.9. The minimum absolute atomic E-state index is 0. The molecule has 0 fully saturated rings. The van der Waals surface area contributed by atoms with E-state index in [-0.39, 0.29) is 12.1 Å². The summed E-state index contributed by atoms with van der Waals surface area (Å²) in [6, 6.07) is 0. The molecule has 0 spiro atoms. The van der Waals surface area contributed by atoms with Crippen molar-refractivity contribution >= 4 is 5.97 Å². The molecule has 0 saturated carbocycles. The van der Waals surface area contributed by atoms with Crippen molar-refractivity contribution in [3.8, 4) is 0 Å². The molecule has 0 aliphatic heterocycles. The largest absolute Gasteiger partial charge is 0.469 e. The third-order valence-corrected chi connectivity index (χ3v) is 3.71. The lowest BCUT2D eigenvalue weighted by Crippen LogP contribution is -1.99. The summed E-state index contributed by atoms with van der Waals surface area (Å²) in [6.07, 6.45) is 18.0. The number of ether oxygens (including phenoxy) is 1. The number of rotatable bonds is 14. The van der Waals surface area contributed by atoms with Gasteiger partial charge in [0.15, 0.2) is 0 Å². The molecule has 3 heteroatoms. The molecule has 0 saturated heterocycles. The number of esters is 1. The van der Waals surface area contributed by atoms with Crippen LogP contribution >= 0.6 is 0 Å². The fourth-order valence-corrected chi connectivity index (χ4v) is 2.39. The summed E-state index contributed by atoms with van der Waals surface area (Å²) in [6.45, 7) is 2.27. The molecule has 0 radical (unpaired) electrons. The third-order valence-electron chi connectivity index (χ3n) is 3.71. The predicted octanol–water partition coefficient (Wildman–Crippen LogP) is 5.80. The van der Waals surface area contributed by atoms with Gasteiger partial charge >= 0.3 is 5.97 Å². The molecule has 3 nitrogen and oxygen atoms in total. The van der Waals surface area contributed by atoms with E-state index < -0.39 is 0 Å². The second-order valence-electron chi connectivity index (χ2n) is 5.57. The maximum Gasteiger partial charge on any atom is 0.305 e. The van der Waals surface area contributed by atoms with Crippen molar-refractivity contribution in [1.82, 2.24) is 6.15 Å². The summed E-state index contributed by atoms with van der Waals surface area (Å²) < 4.78 is 4.62. The molecular formula is C17H37NO2. The Morgan fingerprint density at radius 1 is 0.700 bits per heavy atom. The van der Waals surface area contributed by atoms with Crippen molar-refractivity contribution in [2.24, 2.45) is 0 Å². The van der Waals surface area contributed by atoms with Gasteiger partial charge in [0.25, 0.3) is 0 Å². The molecule has 0 rings (SSSR count). The van der Waals surface area contributed by atoms with E-state index in [9.17, 15) is 4.79 Å². The van der Waals surface area contributed by atoms with Crippen LogP contribution in [0.4, 0.5) is 0 Å². The van der Waals surface area contributed by atoms with Crippen molar-refractivity contribution in [2.45, 2.75) is 96.8 Å². The van der Waals surface area contributed by atoms with E-state index in [1.807, 2.05) is 0 Å². The minimum atomic E-state index is -0.0666. The van der Waals surface area contributed by atoms with Crippen LogP contribution in [0.5, 0.6) is 0 Å². The molecule has 0 aromatic heterocycles. The molecule has 0 aliphatic rings. The van der Waals surface area contributed by atoms with Crippen LogP contribution in [-0.4, -0.2) is 13.1 Å². The van der Waals surface area contributed by atoms with Gasteiger partial charge in [-0.25, -0.2) is 0 Å². The van der Waals surface area contributed by atoms with E-state index in [0.717, 1.165) is 6.42 Å². The zero-order valence-electron chi connectivity index (χ0n) is 13.9. The van der Waals surface area contributed by atoms with E-state index in [2.05, 4.69) is 11.7 Å². The average Bonchev–Trinajstić information content (AvgIpc) is 2.43. The molecule has 20 heavy (non-hydrogen) atoms. The lowest BCUT2D eigenvalue weighted by atomic mass is 10.0. The maximum atomic E-state index is 10.9. The molecule has 0 atom stereocenters. The van der Waals surface area contributed by atoms with Gasteiger partial charge in [-0.1, -0.05) is 84.0 Å². The van der Waals surface area contributed by atoms with Gasteiger partial charge in [0.2, 0.25) is 0 Å². The predicted molar refractivity (Wildman–Crippen MR) is 87.4 cm³/mol. The summed E-state index contributed by atoms with van der Waals surface area (Å²) in [5, 5.41) is 0. The van der Waals surface area contributed by atoms with Crippen LogP contribution < -0.4 is 6.15 Å². The number of methoxy groups -OCH3 is 1. The topological polar surface area (TPSA) is 61.3 Å². The summed E-state index contributed by atoms with van der Waals surface area (Å²) in [7, 11) is 1.46. The smallest absolute Gasteiger partial charge is 0.305 e. The molecular weight excluding hydrogens is 250 g/mol. The maximum absolute atomic E-state index is 10.9. The highest BCUT2D eigenvalue weighted by molar-refractivity contribution is 5.68. The molecule has 0 heterocycles. The van der Waals surface area contributed by atoms with Gasteiger partial charge in [-0.05, 0) is 6.42 Å². The Bertz CT molecular complexity index is 195. The summed E-state index contributed by atoms with van der Waals surface area (Å²) >= 11 is 0. The number of hydrogen-bond donors (Lipinski definition) is 1. The van der Waals surface area contributed by atoms with Gasteiger partial charge in [0.05, 0.1) is 7.11 Å². The monoisotopic (exact) mass is 287 g/mol. The number of unbranched alkanes of at least 4 members (excludes halogenated alkanes) is 12. The first-order valence-corrected chi connectivity index (χ1v) is 8.38. The standard InChI is InChI=1S/C17H34O2.H3N/c1-3-4-5-6-7-8-9-10-11-12-13-14-15-16-17(18)19-2;/h3-16H2,1-2H3;1H3. The lowest BCUT2D eigenvalue weighted by Gasteiger charge is -2.03. The highest BCUT2D eigenvalue weighted by atomic mass is 16.5. The molecule has 0 unspecified atom stereocenters. The van der Waals surface area contributed by atoms with E-state index in [1.165, 1.54) is 84.2 Å². The van der Waals surface area contributed by atoms with Gasteiger partial charge < -0.3 is 10.9 Å². The van der Waals surface area contributed by atoms with Crippen molar-refractivity contribution in [3.05, 3.63) is 0 Å². The normalized spacial score (nSPS) is 10.1. The molecule has 0 amide bonds. The van der Waals surface area contributed by atoms with Crippen molar-refractivity contribution in [3.63, 3.8) is 0 Å². The number of carbonyl (C=O) groups excluding carboxylic acids is 1. The van der Waals surface area contributed by atoms with Crippen molar-refractivity contribution in [2.75, 3.05) is 7.11 Å². The van der Waals surface area contributed by atoms with Gasteiger partial charge in [0, 0.05) is 6.42 Å². The van der Waals surface area contributed by atoms with Crippen LogP contribution in [0.3, 0.4) is 0 Å². The number of carbonyl (C=O) groups is 1. The van der Waals surface area contributed by atoms with Gasteiger partial charge in [-0.15, -0.1) is 0 Å². The Morgan fingerprint density at radius 3 is 1.40 bits per heavy atom. The molecule has 0 aromatic rings. The summed E-state index contributed by atoms with van der Waals surface area (Å²) in [5.41, 5.74) is 0. The molecule has 122 valence electrons. The van der Waals surface area contributed by atoms with Crippen LogP contribution in [-0.2, 0) is 9.53 Å². The van der Waals surface area contributed by atoms with Gasteiger partial charge in [-0.3, -0.25) is 4.79 Å². The van der Waals surface area contributed by atoms with Gasteiger partial charge in [-0.2, -0.15) is 0 Å².